The fourth-order valence-corrected chi connectivity index (χ4v) is 4.56. The van der Waals surface area contributed by atoms with Gasteiger partial charge in [0.2, 0.25) is 5.91 Å². The maximum Gasteiger partial charge on any atom is 0.341 e. The average molecular weight is 402 g/mol. The van der Waals surface area contributed by atoms with Crippen molar-refractivity contribution in [2.75, 3.05) is 50.1 Å². The topological polar surface area (TPSA) is 61.9 Å². The third kappa shape index (κ3) is 4.36. The molecule has 1 saturated heterocycles. The summed E-state index contributed by atoms with van der Waals surface area (Å²) in [5.74, 6) is -0.514. The van der Waals surface area contributed by atoms with Crippen LogP contribution in [0.25, 0.3) is 0 Å². The number of thiophene rings is 1. The minimum Gasteiger partial charge on any atom is -0.465 e. The lowest BCUT2D eigenvalue weighted by Gasteiger charge is -2.36. The number of ether oxygens (including phenoxy) is 1. The number of amides is 1. The van der Waals surface area contributed by atoms with Crippen molar-refractivity contribution in [2.45, 2.75) is 20.8 Å². The number of carbonyl (C=O) groups excluding carboxylic acids is 2. The number of piperazine rings is 1. The van der Waals surface area contributed by atoms with Crippen LogP contribution >= 0.6 is 11.3 Å². The molecule has 1 aromatic carbocycles. The molecule has 0 bridgehead atoms. The lowest BCUT2D eigenvalue weighted by molar-refractivity contribution is -0.117. The van der Waals surface area contributed by atoms with Crippen molar-refractivity contribution >= 4 is 33.9 Å². The molecule has 0 spiro atoms. The Labute approximate surface area is 170 Å². The van der Waals surface area contributed by atoms with E-state index in [1.54, 1.807) is 0 Å². The zero-order valence-corrected chi connectivity index (χ0v) is 17.7. The number of carbonyl (C=O) groups is 2. The van der Waals surface area contributed by atoms with E-state index in [1.807, 2.05) is 13.8 Å². The first-order chi connectivity index (χ1) is 13.4. The van der Waals surface area contributed by atoms with Crippen molar-refractivity contribution in [1.29, 1.82) is 0 Å². The predicted molar refractivity (Wildman–Crippen MR) is 114 cm³/mol. The Morgan fingerprint density at radius 3 is 2.43 bits per heavy atom. The first-order valence-corrected chi connectivity index (χ1v) is 10.2. The van der Waals surface area contributed by atoms with Gasteiger partial charge in [0.25, 0.3) is 0 Å². The van der Waals surface area contributed by atoms with E-state index in [-0.39, 0.29) is 5.91 Å². The van der Waals surface area contributed by atoms with Crippen LogP contribution in [-0.4, -0.2) is 56.6 Å². The van der Waals surface area contributed by atoms with Gasteiger partial charge in [0.15, 0.2) is 0 Å². The van der Waals surface area contributed by atoms with Crippen molar-refractivity contribution in [2.24, 2.45) is 0 Å². The summed E-state index contributed by atoms with van der Waals surface area (Å²) in [5.41, 5.74) is 3.85. The summed E-state index contributed by atoms with van der Waals surface area (Å²) in [6.07, 6.45) is 0. The monoisotopic (exact) mass is 401 g/mol. The number of benzene rings is 1. The summed E-state index contributed by atoms with van der Waals surface area (Å²) in [7, 11) is 1.36. The lowest BCUT2D eigenvalue weighted by Crippen LogP contribution is -2.48. The molecule has 7 heteroatoms. The van der Waals surface area contributed by atoms with E-state index in [4.69, 9.17) is 4.74 Å². The SMILES string of the molecule is COC(=O)c1c(NC(=O)CN2CCN(c3ccccc3C)CC2)sc(C)c1C. The smallest absolute Gasteiger partial charge is 0.341 e. The number of para-hydroxylation sites is 1. The van der Waals surface area contributed by atoms with Crippen LogP contribution in [0.1, 0.15) is 26.4 Å². The van der Waals surface area contributed by atoms with Crippen LogP contribution in [0.2, 0.25) is 0 Å². The van der Waals surface area contributed by atoms with Gasteiger partial charge in [0, 0.05) is 36.7 Å². The highest BCUT2D eigenvalue weighted by atomic mass is 32.1. The highest BCUT2D eigenvalue weighted by molar-refractivity contribution is 7.16. The number of nitrogens with one attached hydrogen (secondary N) is 1. The number of esters is 1. The van der Waals surface area contributed by atoms with E-state index in [1.165, 1.54) is 29.7 Å². The van der Waals surface area contributed by atoms with Gasteiger partial charge in [0.05, 0.1) is 19.2 Å². The van der Waals surface area contributed by atoms with Crippen molar-refractivity contribution in [3.8, 4) is 0 Å². The molecule has 0 atom stereocenters. The molecule has 0 saturated carbocycles. The van der Waals surface area contributed by atoms with Crippen LogP contribution in [-0.2, 0) is 9.53 Å². The molecular formula is C21H27N3O3S. The van der Waals surface area contributed by atoms with E-state index >= 15 is 0 Å². The molecule has 6 nitrogen and oxygen atoms in total. The molecule has 1 aliphatic heterocycles. The van der Waals surface area contributed by atoms with Crippen LogP contribution in [0.5, 0.6) is 0 Å². The molecule has 2 heterocycles. The molecular weight excluding hydrogens is 374 g/mol. The maximum atomic E-state index is 12.6. The van der Waals surface area contributed by atoms with Crippen LogP contribution in [0, 0.1) is 20.8 Å². The van der Waals surface area contributed by atoms with Gasteiger partial charge < -0.3 is 15.0 Å². The molecule has 0 aliphatic carbocycles. The van der Waals surface area contributed by atoms with Gasteiger partial charge >= 0.3 is 5.97 Å². The van der Waals surface area contributed by atoms with Gasteiger partial charge in [-0.15, -0.1) is 11.3 Å². The van der Waals surface area contributed by atoms with Crippen LogP contribution < -0.4 is 10.2 Å². The molecule has 28 heavy (non-hydrogen) atoms. The van der Waals surface area contributed by atoms with E-state index in [2.05, 4.69) is 46.3 Å². The predicted octanol–water partition coefficient (Wildman–Crippen LogP) is 3.22. The van der Waals surface area contributed by atoms with E-state index < -0.39 is 5.97 Å². The fraction of sp³-hybridized carbons (Fsp3) is 0.429. The van der Waals surface area contributed by atoms with E-state index in [0.29, 0.717) is 17.1 Å². The first kappa shape index (κ1) is 20.4. The normalized spacial score (nSPS) is 14.8. The molecule has 0 radical (unpaired) electrons. The Kier molecular flexibility index (Phi) is 6.36. The van der Waals surface area contributed by atoms with Gasteiger partial charge in [-0.3, -0.25) is 9.69 Å². The second-order valence-corrected chi connectivity index (χ2v) is 8.30. The summed E-state index contributed by atoms with van der Waals surface area (Å²) < 4.78 is 4.87. The highest BCUT2D eigenvalue weighted by Gasteiger charge is 2.24. The molecule has 1 fully saturated rings. The third-order valence-corrected chi connectivity index (χ3v) is 6.35. The molecule has 1 aliphatic rings. The lowest BCUT2D eigenvalue weighted by atomic mass is 10.1. The van der Waals surface area contributed by atoms with E-state index in [0.717, 1.165) is 36.6 Å². The van der Waals surface area contributed by atoms with Crippen molar-refractivity contribution in [3.05, 3.63) is 45.8 Å². The Balaban J connectivity index is 1.58. The van der Waals surface area contributed by atoms with Crippen LogP contribution in [0.4, 0.5) is 10.7 Å². The van der Waals surface area contributed by atoms with Gasteiger partial charge in [-0.2, -0.15) is 0 Å². The quantitative estimate of drug-likeness (QED) is 0.780. The summed E-state index contributed by atoms with van der Waals surface area (Å²) in [6.45, 7) is 9.69. The number of rotatable bonds is 5. The second-order valence-electron chi connectivity index (χ2n) is 7.08. The minimum absolute atomic E-state index is 0.101. The van der Waals surface area contributed by atoms with Crippen LogP contribution in [0.3, 0.4) is 0 Å². The Bertz CT molecular complexity index is 870. The molecule has 1 amide bonds. The fourth-order valence-electron chi connectivity index (χ4n) is 3.50. The van der Waals surface area contributed by atoms with Gasteiger partial charge in [-0.05, 0) is 38.0 Å². The number of methoxy groups -OCH3 is 1. The number of hydrogen-bond donors (Lipinski definition) is 1. The summed E-state index contributed by atoms with van der Waals surface area (Å²) in [5, 5.41) is 3.48. The van der Waals surface area contributed by atoms with Gasteiger partial charge in [-0.1, -0.05) is 18.2 Å². The molecule has 3 rings (SSSR count). The first-order valence-electron chi connectivity index (χ1n) is 9.41. The van der Waals surface area contributed by atoms with Crippen LogP contribution in [0.15, 0.2) is 24.3 Å². The highest BCUT2D eigenvalue weighted by Crippen LogP contribution is 2.33. The van der Waals surface area contributed by atoms with Crippen molar-refractivity contribution in [1.82, 2.24) is 4.90 Å². The maximum absolute atomic E-state index is 12.6. The zero-order chi connectivity index (χ0) is 20.3. The number of nitrogens with zero attached hydrogens (tertiary/aromatic N) is 2. The largest absolute Gasteiger partial charge is 0.465 e. The molecule has 1 N–H and O–H groups in total. The molecule has 2 aromatic rings. The zero-order valence-electron chi connectivity index (χ0n) is 16.9. The number of anilines is 2. The second kappa shape index (κ2) is 8.75. The minimum atomic E-state index is -0.413. The number of aryl methyl sites for hydroxylation is 2. The van der Waals surface area contributed by atoms with Gasteiger partial charge in [-0.25, -0.2) is 4.79 Å². The van der Waals surface area contributed by atoms with Crippen molar-refractivity contribution < 1.29 is 14.3 Å². The van der Waals surface area contributed by atoms with Crippen molar-refractivity contribution in [3.63, 3.8) is 0 Å². The summed E-state index contributed by atoms with van der Waals surface area (Å²) in [6, 6.07) is 8.38. The average Bonchev–Trinajstić information content (AvgIpc) is 2.95. The Morgan fingerprint density at radius 1 is 1.11 bits per heavy atom. The summed E-state index contributed by atoms with van der Waals surface area (Å²) in [4.78, 5) is 30.1. The third-order valence-electron chi connectivity index (χ3n) is 5.22. The Hall–Kier alpha value is -2.38. The van der Waals surface area contributed by atoms with Gasteiger partial charge in [0.1, 0.15) is 5.00 Å². The molecule has 150 valence electrons. The molecule has 0 unspecified atom stereocenters. The standard InChI is InChI=1S/C21H27N3O3S/c1-14-7-5-6-8-17(14)24-11-9-23(10-12-24)13-18(25)22-20-19(21(26)27-4)15(2)16(3)28-20/h5-8H,9-13H2,1-4H3,(H,22,25). The number of hydrogen-bond acceptors (Lipinski definition) is 6. The molecule has 1 aromatic heterocycles. The Morgan fingerprint density at radius 2 is 1.79 bits per heavy atom. The van der Waals surface area contributed by atoms with E-state index in [9.17, 15) is 9.59 Å². The summed E-state index contributed by atoms with van der Waals surface area (Å²) >= 11 is 1.41.